The lowest BCUT2D eigenvalue weighted by Crippen LogP contribution is -2.29. The van der Waals surface area contributed by atoms with Gasteiger partial charge in [0.25, 0.3) is 0 Å². The minimum absolute atomic E-state index is 0.101. The van der Waals surface area contributed by atoms with E-state index in [0.29, 0.717) is 10.8 Å². The first-order chi connectivity index (χ1) is 14.7. The van der Waals surface area contributed by atoms with Gasteiger partial charge in [-0.15, -0.1) is 0 Å². The van der Waals surface area contributed by atoms with Gasteiger partial charge in [0.05, 0.1) is 24.0 Å². The molecule has 1 aliphatic rings. The predicted octanol–water partition coefficient (Wildman–Crippen LogP) is 3.59. The molecule has 0 bridgehead atoms. The lowest BCUT2D eigenvalue weighted by atomic mass is 9.96. The molecule has 31 heavy (non-hydrogen) atoms. The molecule has 1 fully saturated rings. The number of aromatic nitrogens is 2. The minimum Gasteiger partial charge on any atom is -0.352 e. The van der Waals surface area contributed by atoms with E-state index < -0.39 is 10.0 Å². The third-order valence-corrected chi connectivity index (χ3v) is 6.60. The second kappa shape index (κ2) is 7.97. The average Bonchev–Trinajstić information content (AvgIpc) is 3.19. The Bertz CT molecular complexity index is 1220. The zero-order valence-electron chi connectivity index (χ0n) is 17.8. The summed E-state index contributed by atoms with van der Waals surface area (Å²) >= 11 is 5.75. The van der Waals surface area contributed by atoms with Crippen LogP contribution in [0.2, 0.25) is 0 Å². The molecule has 0 unspecified atom stereocenters. The van der Waals surface area contributed by atoms with Crippen LogP contribution in [0.15, 0.2) is 54.7 Å². The highest BCUT2D eigenvalue weighted by Crippen LogP contribution is 2.43. The SMILES string of the molecule is Cc1cc([C@@H]2[C@H](c3ccccn3)NC(=S)N2c2ccc(NS(C)(=O)=O)cc2)c(C)n1C. The van der Waals surface area contributed by atoms with E-state index in [1.165, 1.54) is 5.56 Å². The molecule has 3 aromatic rings. The summed E-state index contributed by atoms with van der Waals surface area (Å²) in [5.74, 6) is 0. The fourth-order valence-electron chi connectivity index (χ4n) is 4.04. The van der Waals surface area contributed by atoms with Crippen molar-refractivity contribution in [2.45, 2.75) is 25.9 Å². The summed E-state index contributed by atoms with van der Waals surface area (Å²) < 4.78 is 27.8. The molecule has 0 spiro atoms. The zero-order chi connectivity index (χ0) is 22.3. The number of hydrogen-bond acceptors (Lipinski definition) is 4. The number of aryl methyl sites for hydroxylation is 1. The molecule has 0 amide bonds. The Hall–Kier alpha value is -2.91. The Kier molecular flexibility index (Phi) is 5.49. The molecule has 7 nitrogen and oxygen atoms in total. The fraction of sp³-hybridized carbons (Fsp3) is 0.273. The van der Waals surface area contributed by atoms with E-state index in [2.05, 4.69) is 51.5 Å². The van der Waals surface area contributed by atoms with Gasteiger partial charge in [0.2, 0.25) is 10.0 Å². The summed E-state index contributed by atoms with van der Waals surface area (Å²) in [5.41, 5.74) is 5.79. The van der Waals surface area contributed by atoms with E-state index in [9.17, 15) is 8.42 Å². The third kappa shape index (κ3) is 4.15. The van der Waals surface area contributed by atoms with Crippen molar-refractivity contribution in [1.29, 1.82) is 0 Å². The van der Waals surface area contributed by atoms with Crippen LogP contribution in [0.3, 0.4) is 0 Å². The molecule has 0 radical (unpaired) electrons. The highest BCUT2D eigenvalue weighted by atomic mass is 32.2. The van der Waals surface area contributed by atoms with Gasteiger partial charge < -0.3 is 14.8 Å². The lowest BCUT2D eigenvalue weighted by Gasteiger charge is -2.28. The summed E-state index contributed by atoms with van der Waals surface area (Å²) in [4.78, 5) is 6.66. The number of rotatable bonds is 5. The number of sulfonamides is 1. The monoisotopic (exact) mass is 455 g/mol. The average molecular weight is 456 g/mol. The fourth-order valence-corrected chi connectivity index (χ4v) is 4.95. The number of thiocarbonyl (C=S) groups is 1. The summed E-state index contributed by atoms with van der Waals surface area (Å²) in [6.07, 6.45) is 2.92. The second-order valence-electron chi connectivity index (χ2n) is 7.80. The molecule has 9 heteroatoms. The van der Waals surface area contributed by atoms with Gasteiger partial charge in [-0.3, -0.25) is 9.71 Å². The summed E-state index contributed by atoms with van der Waals surface area (Å²) in [7, 11) is -1.28. The van der Waals surface area contributed by atoms with E-state index in [4.69, 9.17) is 12.2 Å². The van der Waals surface area contributed by atoms with Crippen molar-refractivity contribution in [1.82, 2.24) is 14.9 Å². The molecule has 1 saturated heterocycles. The van der Waals surface area contributed by atoms with E-state index in [1.807, 2.05) is 30.3 Å². The number of nitrogens with zero attached hydrogens (tertiary/aromatic N) is 3. The van der Waals surface area contributed by atoms with Gasteiger partial charge >= 0.3 is 0 Å². The molecule has 2 aromatic heterocycles. The van der Waals surface area contributed by atoms with Gasteiger partial charge in [-0.2, -0.15) is 0 Å². The molecule has 162 valence electrons. The molecular weight excluding hydrogens is 430 g/mol. The topological polar surface area (TPSA) is 79.3 Å². The standard InChI is InChI=1S/C22H25N5O2S2/c1-14-13-18(15(2)26(14)3)21-20(19-7-5-6-12-23-19)24-22(30)27(21)17-10-8-16(9-11-17)25-31(4,28)29/h5-13,20-21,25H,1-4H3,(H,24,30)/t20-,21+/m0/s1. The van der Waals surface area contributed by atoms with Crippen molar-refractivity contribution in [3.63, 3.8) is 0 Å². The Balaban J connectivity index is 1.80. The van der Waals surface area contributed by atoms with E-state index in [1.54, 1.807) is 18.3 Å². The van der Waals surface area contributed by atoms with Crippen LogP contribution in [0.4, 0.5) is 11.4 Å². The highest BCUT2D eigenvalue weighted by Gasteiger charge is 2.42. The molecule has 2 atom stereocenters. The van der Waals surface area contributed by atoms with Crippen molar-refractivity contribution >= 4 is 38.7 Å². The van der Waals surface area contributed by atoms with Crippen LogP contribution in [0.5, 0.6) is 0 Å². The largest absolute Gasteiger partial charge is 0.352 e. The Morgan fingerprint density at radius 3 is 2.39 bits per heavy atom. The quantitative estimate of drug-likeness (QED) is 0.573. The van der Waals surface area contributed by atoms with Crippen LogP contribution in [0, 0.1) is 13.8 Å². The number of anilines is 2. The smallest absolute Gasteiger partial charge is 0.229 e. The predicted molar refractivity (Wildman–Crippen MR) is 128 cm³/mol. The van der Waals surface area contributed by atoms with Gasteiger partial charge in [0, 0.05) is 36.0 Å². The van der Waals surface area contributed by atoms with E-state index in [-0.39, 0.29) is 12.1 Å². The first kappa shape index (κ1) is 21.3. The van der Waals surface area contributed by atoms with Crippen LogP contribution in [0.1, 0.15) is 34.7 Å². The Labute approximate surface area is 188 Å². The first-order valence-electron chi connectivity index (χ1n) is 9.87. The Morgan fingerprint density at radius 2 is 1.84 bits per heavy atom. The maximum Gasteiger partial charge on any atom is 0.229 e. The Morgan fingerprint density at radius 1 is 1.13 bits per heavy atom. The van der Waals surface area contributed by atoms with Crippen molar-refractivity contribution in [3.05, 3.63) is 77.4 Å². The van der Waals surface area contributed by atoms with Gasteiger partial charge in [-0.25, -0.2) is 8.42 Å². The van der Waals surface area contributed by atoms with Crippen LogP contribution in [-0.2, 0) is 17.1 Å². The molecule has 1 aliphatic heterocycles. The molecular formula is C22H25N5O2S2. The van der Waals surface area contributed by atoms with E-state index >= 15 is 0 Å². The van der Waals surface area contributed by atoms with Crippen molar-refractivity contribution < 1.29 is 8.42 Å². The number of pyridine rings is 1. The molecule has 4 rings (SSSR count). The maximum atomic E-state index is 11.5. The van der Waals surface area contributed by atoms with Gasteiger partial charge in [-0.05, 0) is 74.1 Å². The second-order valence-corrected chi connectivity index (χ2v) is 9.94. The van der Waals surface area contributed by atoms with E-state index in [0.717, 1.165) is 29.0 Å². The summed E-state index contributed by atoms with van der Waals surface area (Å²) in [6.45, 7) is 4.19. The number of hydrogen-bond donors (Lipinski definition) is 2. The van der Waals surface area contributed by atoms with Gasteiger partial charge in [0.15, 0.2) is 5.11 Å². The first-order valence-corrected chi connectivity index (χ1v) is 12.2. The van der Waals surface area contributed by atoms with Crippen LogP contribution >= 0.6 is 12.2 Å². The molecule has 2 N–H and O–H groups in total. The zero-order valence-corrected chi connectivity index (χ0v) is 19.5. The van der Waals surface area contributed by atoms with Crippen LogP contribution in [-0.4, -0.2) is 29.3 Å². The molecule has 3 heterocycles. The van der Waals surface area contributed by atoms with Crippen molar-refractivity contribution in [2.75, 3.05) is 15.9 Å². The third-order valence-electron chi connectivity index (χ3n) is 5.68. The minimum atomic E-state index is -3.34. The normalized spacial score (nSPS) is 18.8. The van der Waals surface area contributed by atoms with Crippen LogP contribution in [0.25, 0.3) is 0 Å². The summed E-state index contributed by atoms with van der Waals surface area (Å²) in [6, 6.07) is 15.1. The van der Waals surface area contributed by atoms with Crippen LogP contribution < -0.4 is 14.9 Å². The number of nitrogens with one attached hydrogen (secondary N) is 2. The van der Waals surface area contributed by atoms with Gasteiger partial charge in [0.1, 0.15) is 0 Å². The molecule has 1 aromatic carbocycles. The van der Waals surface area contributed by atoms with Crippen molar-refractivity contribution in [3.8, 4) is 0 Å². The van der Waals surface area contributed by atoms with Crippen molar-refractivity contribution in [2.24, 2.45) is 7.05 Å². The van der Waals surface area contributed by atoms with Gasteiger partial charge in [-0.1, -0.05) is 6.07 Å². The number of benzene rings is 1. The molecule has 0 aliphatic carbocycles. The summed E-state index contributed by atoms with van der Waals surface area (Å²) in [5, 5.41) is 4.05. The highest BCUT2D eigenvalue weighted by molar-refractivity contribution is 7.92. The molecule has 0 saturated carbocycles. The lowest BCUT2D eigenvalue weighted by molar-refractivity contribution is 0.564. The maximum absolute atomic E-state index is 11.5.